The summed E-state index contributed by atoms with van der Waals surface area (Å²) in [6.45, 7) is 4.30. The molecule has 0 aliphatic carbocycles. The molecule has 0 amide bonds. The van der Waals surface area contributed by atoms with Gasteiger partial charge in [0.25, 0.3) is 0 Å². The van der Waals surface area contributed by atoms with Gasteiger partial charge in [0.1, 0.15) is 5.82 Å². The number of nitrogens with two attached hydrogens (primary N) is 1. The quantitative estimate of drug-likeness (QED) is 0.730. The molecule has 0 aromatic carbocycles. The molecule has 0 radical (unpaired) electrons. The zero-order valence-electron chi connectivity index (χ0n) is 9.55. The van der Waals surface area contributed by atoms with Gasteiger partial charge in [0, 0.05) is 6.54 Å². The Morgan fingerprint density at radius 1 is 1.53 bits per heavy atom. The molecule has 1 atom stereocenters. The van der Waals surface area contributed by atoms with Gasteiger partial charge in [-0.05, 0) is 6.92 Å². The first-order valence-electron chi connectivity index (χ1n) is 5.56. The zero-order chi connectivity index (χ0) is 11.8. The number of nitrogens with one attached hydrogen (secondary N) is 1. The van der Waals surface area contributed by atoms with Crippen molar-refractivity contribution < 1.29 is 4.74 Å². The highest BCUT2D eigenvalue weighted by Gasteiger charge is 2.23. The van der Waals surface area contributed by atoms with E-state index in [1.165, 1.54) is 0 Å². The molecule has 1 fully saturated rings. The van der Waals surface area contributed by atoms with Crippen molar-refractivity contribution in [1.82, 2.24) is 20.2 Å². The highest BCUT2D eigenvalue weighted by Crippen LogP contribution is 2.25. The number of rotatable bonds is 1. The highest BCUT2D eigenvalue weighted by atomic mass is 16.5. The molecule has 1 unspecified atom stereocenters. The van der Waals surface area contributed by atoms with Gasteiger partial charge in [0.05, 0.1) is 30.8 Å². The molecule has 7 nitrogen and oxygen atoms in total. The summed E-state index contributed by atoms with van der Waals surface area (Å²) in [5.74, 6) is 1.09. The van der Waals surface area contributed by atoms with E-state index in [-0.39, 0.29) is 12.0 Å². The predicted molar refractivity (Wildman–Crippen MR) is 63.7 cm³/mol. The second-order valence-corrected chi connectivity index (χ2v) is 4.16. The SMILES string of the molecule is CC1COCCN1c1nc(N)nc2[nH]ncc12. The summed E-state index contributed by atoms with van der Waals surface area (Å²) >= 11 is 0. The smallest absolute Gasteiger partial charge is 0.224 e. The average molecular weight is 234 g/mol. The summed E-state index contributed by atoms with van der Waals surface area (Å²) in [5, 5.41) is 7.69. The predicted octanol–water partition coefficient (Wildman–Crippen LogP) is 0.160. The summed E-state index contributed by atoms with van der Waals surface area (Å²) in [5.41, 5.74) is 6.38. The average Bonchev–Trinajstić information content (AvgIpc) is 2.76. The third kappa shape index (κ3) is 1.68. The normalized spacial score (nSPS) is 21.0. The molecule has 0 saturated carbocycles. The Hall–Kier alpha value is -1.89. The van der Waals surface area contributed by atoms with Crippen LogP contribution in [0.25, 0.3) is 11.0 Å². The van der Waals surface area contributed by atoms with Gasteiger partial charge in [-0.3, -0.25) is 5.10 Å². The maximum Gasteiger partial charge on any atom is 0.224 e. The van der Waals surface area contributed by atoms with Crippen molar-refractivity contribution in [2.24, 2.45) is 0 Å². The lowest BCUT2D eigenvalue weighted by Gasteiger charge is -2.34. The Morgan fingerprint density at radius 2 is 2.41 bits per heavy atom. The van der Waals surface area contributed by atoms with Crippen molar-refractivity contribution in [3.05, 3.63) is 6.20 Å². The largest absolute Gasteiger partial charge is 0.377 e. The number of nitrogen functional groups attached to an aromatic ring is 1. The zero-order valence-corrected chi connectivity index (χ0v) is 9.55. The Kier molecular flexibility index (Phi) is 2.32. The second kappa shape index (κ2) is 3.85. The van der Waals surface area contributed by atoms with Gasteiger partial charge >= 0.3 is 0 Å². The van der Waals surface area contributed by atoms with Gasteiger partial charge in [0.2, 0.25) is 5.95 Å². The molecule has 2 aromatic heterocycles. The Bertz CT molecular complexity index is 539. The number of hydrogen-bond acceptors (Lipinski definition) is 6. The fourth-order valence-corrected chi connectivity index (χ4v) is 2.10. The summed E-state index contributed by atoms with van der Waals surface area (Å²) in [7, 11) is 0. The molecule has 3 heterocycles. The lowest BCUT2D eigenvalue weighted by Crippen LogP contribution is -2.44. The van der Waals surface area contributed by atoms with Crippen LogP contribution in [0, 0.1) is 0 Å². The maximum absolute atomic E-state index is 5.71. The van der Waals surface area contributed by atoms with Crippen molar-refractivity contribution in [2.75, 3.05) is 30.4 Å². The number of aromatic amines is 1. The summed E-state index contributed by atoms with van der Waals surface area (Å²) in [6, 6.07) is 0.274. The number of fused-ring (bicyclic) bond motifs is 1. The summed E-state index contributed by atoms with van der Waals surface area (Å²) in [6.07, 6.45) is 1.73. The molecule has 1 saturated heterocycles. The minimum atomic E-state index is 0.260. The molecule has 3 rings (SSSR count). The number of nitrogens with zero attached hydrogens (tertiary/aromatic N) is 4. The molecule has 0 bridgehead atoms. The van der Waals surface area contributed by atoms with Crippen molar-refractivity contribution in [1.29, 1.82) is 0 Å². The van der Waals surface area contributed by atoms with E-state index in [0.717, 1.165) is 17.7 Å². The van der Waals surface area contributed by atoms with E-state index >= 15 is 0 Å². The minimum Gasteiger partial charge on any atom is -0.377 e. The van der Waals surface area contributed by atoms with E-state index < -0.39 is 0 Å². The van der Waals surface area contributed by atoms with Gasteiger partial charge in [0.15, 0.2) is 5.65 Å². The highest BCUT2D eigenvalue weighted by molar-refractivity contribution is 5.87. The minimum absolute atomic E-state index is 0.260. The van der Waals surface area contributed by atoms with Crippen LogP contribution >= 0.6 is 0 Å². The molecule has 0 spiro atoms. The van der Waals surface area contributed by atoms with Crippen molar-refractivity contribution in [3.8, 4) is 0 Å². The van der Waals surface area contributed by atoms with E-state index in [4.69, 9.17) is 10.5 Å². The van der Waals surface area contributed by atoms with Gasteiger partial charge in [-0.15, -0.1) is 0 Å². The van der Waals surface area contributed by atoms with Crippen molar-refractivity contribution in [2.45, 2.75) is 13.0 Å². The molecule has 3 N–H and O–H groups in total. The number of H-pyrrole nitrogens is 1. The van der Waals surface area contributed by atoms with Crippen molar-refractivity contribution in [3.63, 3.8) is 0 Å². The topological polar surface area (TPSA) is 93.0 Å². The monoisotopic (exact) mass is 234 g/mol. The van der Waals surface area contributed by atoms with Crippen LogP contribution in [0.5, 0.6) is 0 Å². The fourth-order valence-electron chi connectivity index (χ4n) is 2.10. The summed E-state index contributed by atoms with van der Waals surface area (Å²) in [4.78, 5) is 10.6. The number of anilines is 2. The van der Waals surface area contributed by atoms with Crippen LogP contribution in [-0.4, -0.2) is 46.0 Å². The standard InChI is InChI=1S/C10H14N6O/c1-6-5-17-3-2-16(6)9-7-4-12-15-8(7)13-10(11)14-9/h4,6H,2-3,5H2,1H3,(H3,11,12,13,14,15). The van der Waals surface area contributed by atoms with Crippen LogP contribution in [0.1, 0.15) is 6.92 Å². The number of aromatic nitrogens is 4. The molecule has 1 aliphatic heterocycles. The molecular formula is C10H14N6O. The molecule has 7 heteroatoms. The molecule has 2 aromatic rings. The Balaban J connectivity index is 2.11. The van der Waals surface area contributed by atoms with E-state index in [1.807, 2.05) is 0 Å². The van der Waals surface area contributed by atoms with Crippen LogP contribution < -0.4 is 10.6 Å². The third-order valence-electron chi connectivity index (χ3n) is 2.95. The van der Waals surface area contributed by atoms with E-state index in [9.17, 15) is 0 Å². The Labute approximate surface area is 98.0 Å². The molecular weight excluding hydrogens is 220 g/mol. The van der Waals surface area contributed by atoms with Gasteiger partial charge in [-0.1, -0.05) is 0 Å². The molecule has 1 aliphatic rings. The van der Waals surface area contributed by atoms with Crippen LogP contribution in [0.3, 0.4) is 0 Å². The lowest BCUT2D eigenvalue weighted by atomic mass is 10.2. The number of ether oxygens (including phenoxy) is 1. The van der Waals surface area contributed by atoms with Crippen LogP contribution in [0.2, 0.25) is 0 Å². The maximum atomic E-state index is 5.71. The first kappa shape index (κ1) is 10.3. The van der Waals surface area contributed by atoms with Gasteiger partial charge in [-0.25, -0.2) is 0 Å². The molecule has 90 valence electrons. The van der Waals surface area contributed by atoms with Crippen LogP contribution in [0.15, 0.2) is 6.20 Å². The van der Waals surface area contributed by atoms with E-state index in [2.05, 4.69) is 32.0 Å². The van der Waals surface area contributed by atoms with Crippen LogP contribution in [0.4, 0.5) is 11.8 Å². The molecule has 17 heavy (non-hydrogen) atoms. The van der Waals surface area contributed by atoms with Crippen LogP contribution in [-0.2, 0) is 4.74 Å². The van der Waals surface area contributed by atoms with Gasteiger partial charge < -0.3 is 15.4 Å². The summed E-state index contributed by atoms with van der Waals surface area (Å²) < 4.78 is 5.42. The lowest BCUT2D eigenvalue weighted by molar-refractivity contribution is 0.0987. The van der Waals surface area contributed by atoms with Gasteiger partial charge in [-0.2, -0.15) is 15.1 Å². The van der Waals surface area contributed by atoms with E-state index in [1.54, 1.807) is 6.20 Å². The third-order valence-corrected chi connectivity index (χ3v) is 2.95. The number of morpholine rings is 1. The fraction of sp³-hybridized carbons (Fsp3) is 0.500. The van der Waals surface area contributed by atoms with Crippen molar-refractivity contribution >= 4 is 22.8 Å². The second-order valence-electron chi connectivity index (χ2n) is 4.16. The first-order valence-corrected chi connectivity index (χ1v) is 5.56. The van der Waals surface area contributed by atoms with E-state index in [0.29, 0.717) is 18.9 Å². The first-order chi connectivity index (χ1) is 8.25. The number of hydrogen-bond donors (Lipinski definition) is 2. The Morgan fingerprint density at radius 3 is 3.24 bits per heavy atom.